The Morgan fingerprint density at radius 3 is 1.34 bits per heavy atom. The molecule has 0 aromatic heterocycles. The van der Waals surface area contributed by atoms with Gasteiger partial charge in [-0.05, 0) is 94.2 Å². The molecule has 0 aliphatic heterocycles. The number of non-ortho nitro benzene ring substituents is 1. The molecule has 0 fully saturated rings. The maximum atomic E-state index is 13.3. The SMILES string of the molecule is CC(C)[C@H](NC(=O)C(C)(C)NC(=O)C(C)(C)NC(=O)C(C)(C)NC(=O)C(C)(C)NC(=O)c1ccc([N+](=O)[O-])cc1)C(=O)OC(C)(C)C. The van der Waals surface area contributed by atoms with E-state index >= 15 is 0 Å². The normalized spacial score (nSPS) is 13.1. The molecule has 0 heterocycles. The van der Waals surface area contributed by atoms with Gasteiger partial charge in [0.2, 0.25) is 23.6 Å². The molecule has 0 saturated heterocycles. The first-order chi connectivity index (χ1) is 21.0. The van der Waals surface area contributed by atoms with Crippen molar-refractivity contribution in [2.24, 2.45) is 5.92 Å². The highest BCUT2D eigenvalue weighted by Gasteiger charge is 2.43. The molecular formula is C32H50N6O9. The van der Waals surface area contributed by atoms with Crippen LogP contribution in [0.2, 0.25) is 0 Å². The number of nitro groups is 1. The molecule has 0 bridgehead atoms. The predicted octanol–water partition coefficient (Wildman–Crippen LogP) is 2.27. The molecule has 1 aromatic rings. The van der Waals surface area contributed by atoms with Crippen molar-refractivity contribution in [1.82, 2.24) is 26.6 Å². The fraction of sp³-hybridized carbons (Fsp3) is 0.625. The van der Waals surface area contributed by atoms with E-state index in [4.69, 9.17) is 4.74 Å². The lowest BCUT2D eigenvalue weighted by atomic mass is 9.94. The van der Waals surface area contributed by atoms with Gasteiger partial charge in [0, 0.05) is 17.7 Å². The number of esters is 1. The lowest BCUT2D eigenvalue weighted by molar-refractivity contribution is -0.384. The fourth-order valence-corrected chi connectivity index (χ4v) is 3.82. The van der Waals surface area contributed by atoms with Crippen molar-refractivity contribution in [1.29, 1.82) is 0 Å². The maximum absolute atomic E-state index is 13.3. The number of amides is 5. The summed E-state index contributed by atoms with van der Waals surface area (Å²) in [6.45, 7) is 20.0. The van der Waals surface area contributed by atoms with Crippen molar-refractivity contribution in [3.63, 3.8) is 0 Å². The highest BCUT2D eigenvalue weighted by molar-refractivity contribution is 6.02. The highest BCUT2D eigenvalue weighted by atomic mass is 16.6. The van der Waals surface area contributed by atoms with Gasteiger partial charge in [-0.3, -0.25) is 34.1 Å². The average Bonchev–Trinajstić information content (AvgIpc) is 2.89. The van der Waals surface area contributed by atoms with Gasteiger partial charge in [0.25, 0.3) is 11.6 Å². The molecule has 15 heteroatoms. The van der Waals surface area contributed by atoms with E-state index in [1.807, 2.05) is 0 Å². The Bertz CT molecular complexity index is 1390. The number of nitro benzene ring substituents is 1. The van der Waals surface area contributed by atoms with Gasteiger partial charge in [0.1, 0.15) is 33.8 Å². The Hall–Kier alpha value is -4.56. The Morgan fingerprint density at radius 1 is 0.638 bits per heavy atom. The minimum absolute atomic E-state index is 0.0856. The summed E-state index contributed by atoms with van der Waals surface area (Å²) < 4.78 is 5.42. The quantitative estimate of drug-likeness (QED) is 0.119. The molecule has 15 nitrogen and oxygen atoms in total. The van der Waals surface area contributed by atoms with Crippen LogP contribution in [0.25, 0.3) is 0 Å². The molecule has 0 radical (unpaired) electrons. The molecule has 0 saturated carbocycles. The number of ether oxygens (including phenoxy) is 1. The van der Waals surface area contributed by atoms with Crippen molar-refractivity contribution in [3.8, 4) is 0 Å². The smallest absolute Gasteiger partial charge is 0.329 e. The zero-order chi connectivity index (χ0) is 36.9. The fourth-order valence-electron chi connectivity index (χ4n) is 3.82. The second kappa shape index (κ2) is 14.5. The van der Waals surface area contributed by atoms with Gasteiger partial charge in [-0.15, -0.1) is 0 Å². The van der Waals surface area contributed by atoms with Gasteiger partial charge >= 0.3 is 5.97 Å². The van der Waals surface area contributed by atoms with Crippen LogP contribution in [0.3, 0.4) is 0 Å². The maximum Gasteiger partial charge on any atom is 0.329 e. The number of carbonyl (C=O) groups excluding carboxylic acids is 6. The third-order valence-electron chi connectivity index (χ3n) is 6.93. The highest BCUT2D eigenvalue weighted by Crippen LogP contribution is 2.17. The summed E-state index contributed by atoms with van der Waals surface area (Å²) in [5.41, 5.74) is -7.06. The molecule has 0 aliphatic carbocycles. The van der Waals surface area contributed by atoms with Gasteiger partial charge in [0.15, 0.2) is 0 Å². The summed E-state index contributed by atoms with van der Waals surface area (Å²) >= 11 is 0. The van der Waals surface area contributed by atoms with Crippen LogP contribution in [0.1, 0.15) is 100 Å². The number of rotatable bonds is 13. The van der Waals surface area contributed by atoms with Crippen LogP contribution in [-0.2, 0) is 28.7 Å². The van der Waals surface area contributed by atoms with Gasteiger partial charge < -0.3 is 31.3 Å². The molecule has 1 aromatic carbocycles. The van der Waals surface area contributed by atoms with Gasteiger partial charge in [0.05, 0.1) is 4.92 Å². The van der Waals surface area contributed by atoms with Crippen molar-refractivity contribution in [3.05, 3.63) is 39.9 Å². The Kier molecular flexibility index (Phi) is 12.5. The number of nitrogens with one attached hydrogen (secondary N) is 5. The predicted molar refractivity (Wildman–Crippen MR) is 174 cm³/mol. The molecule has 47 heavy (non-hydrogen) atoms. The first kappa shape index (κ1) is 40.5. The largest absolute Gasteiger partial charge is 0.458 e. The first-order valence-electron chi connectivity index (χ1n) is 15.1. The molecule has 5 amide bonds. The topological polar surface area (TPSA) is 215 Å². The third kappa shape index (κ3) is 11.6. The number of carbonyl (C=O) groups is 6. The van der Waals surface area contributed by atoms with Crippen molar-refractivity contribution < 1.29 is 38.4 Å². The summed E-state index contributed by atoms with van der Waals surface area (Å²) in [5.74, 6) is -4.43. The van der Waals surface area contributed by atoms with Crippen molar-refractivity contribution in [2.45, 2.75) is 124 Å². The van der Waals surface area contributed by atoms with Crippen LogP contribution in [0, 0.1) is 16.0 Å². The van der Waals surface area contributed by atoms with Gasteiger partial charge in [-0.25, -0.2) is 4.79 Å². The minimum Gasteiger partial charge on any atom is -0.458 e. The van der Waals surface area contributed by atoms with E-state index in [0.29, 0.717) is 0 Å². The van der Waals surface area contributed by atoms with Crippen LogP contribution >= 0.6 is 0 Å². The zero-order valence-corrected chi connectivity index (χ0v) is 29.6. The number of hydrogen-bond acceptors (Lipinski definition) is 9. The number of hydrogen-bond donors (Lipinski definition) is 5. The summed E-state index contributed by atoms with van der Waals surface area (Å²) in [6.07, 6.45) is 0. The van der Waals surface area contributed by atoms with Crippen LogP contribution < -0.4 is 26.6 Å². The van der Waals surface area contributed by atoms with Crippen molar-refractivity contribution >= 4 is 41.2 Å². The lowest BCUT2D eigenvalue weighted by Gasteiger charge is -2.36. The molecular weight excluding hydrogens is 612 g/mol. The summed E-state index contributed by atoms with van der Waals surface area (Å²) in [7, 11) is 0. The van der Waals surface area contributed by atoms with E-state index in [-0.39, 0.29) is 17.2 Å². The van der Waals surface area contributed by atoms with E-state index in [2.05, 4.69) is 26.6 Å². The Labute approximate surface area is 275 Å². The lowest BCUT2D eigenvalue weighted by Crippen LogP contribution is -2.68. The van der Waals surface area contributed by atoms with Crippen LogP contribution in [-0.4, -0.2) is 74.2 Å². The molecule has 5 N–H and O–H groups in total. The summed E-state index contributed by atoms with van der Waals surface area (Å²) in [6, 6.07) is 3.85. The molecule has 0 unspecified atom stereocenters. The molecule has 1 rings (SSSR count). The molecule has 0 aliphatic rings. The summed E-state index contributed by atoms with van der Waals surface area (Å²) in [4.78, 5) is 88.7. The second-order valence-electron chi connectivity index (χ2n) is 14.8. The monoisotopic (exact) mass is 662 g/mol. The van der Waals surface area contributed by atoms with E-state index in [1.54, 1.807) is 34.6 Å². The van der Waals surface area contributed by atoms with Crippen molar-refractivity contribution in [2.75, 3.05) is 0 Å². The van der Waals surface area contributed by atoms with E-state index < -0.39 is 74.2 Å². The second-order valence-corrected chi connectivity index (χ2v) is 14.8. The van der Waals surface area contributed by atoms with Crippen LogP contribution in [0.4, 0.5) is 5.69 Å². The first-order valence-corrected chi connectivity index (χ1v) is 15.1. The third-order valence-corrected chi connectivity index (χ3v) is 6.93. The van der Waals surface area contributed by atoms with Gasteiger partial charge in [-0.2, -0.15) is 0 Å². The standard InChI is InChI=1S/C32H50N6O9/c1-18(2)21(23(40)47-28(3,4)5)33-24(41)29(6,7)35-26(43)31(10,11)37-27(44)32(12,13)36-25(42)30(8,9)34-22(39)19-14-16-20(17-15-19)38(45)46/h14-18,21H,1-13H3,(H,33,41)(H,34,39)(H,35,43)(H,36,42)(H,37,44)/t21-/m0/s1. The summed E-state index contributed by atoms with van der Waals surface area (Å²) in [5, 5.41) is 23.8. The zero-order valence-electron chi connectivity index (χ0n) is 29.6. The van der Waals surface area contributed by atoms with E-state index in [0.717, 1.165) is 12.1 Å². The molecule has 1 atom stereocenters. The van der Waals surface area contributed by atoms with Gasteiger partial charge in [-0.1, -0.05) is 13.8 Å². The average molecular weight is 663 g/mol. The van der Waals surface area contributed by atoms with Crippen LogP contribution in [0.5, 0.6) is 0 Å². The Morgan fingerprint density at radius 2 is 1.00 bits per heavy atom. The van der Waals surface area contributed by atoms with E-state index in [1.165, 1.54) is 67.5 Å². The number of nitrogens with zero attached hydrogens (tertiary/aromatic N) is 1. The van der Waals surface area contributed by atoms with Crippen LogP contribution in [0.15, 0.2) is 24.3 Å². The number of benzene rings is 1. The minimum atomic E-state index is -1.57. The molecule has 262 valence electrons. The molecule has 0 spiro atoms. The Balaban J connectivity index is 2.94. The van der Waals surface area contributed by atoms with E-state index in [9.17, 15) is 38.9 Å².